The van der Waals surface area contributed by atoms with Gasteiger partial charge in [-0.3, -0.25) is 9.59 Å². The van der Waals surface area contributed by atoms with Crippen LogP contribution in [0.2, 0.25) is 0 Å². The van der Waals surface area contributed by atoms with Crippen molar-refractivity contribution in [3.63, 3.8) is 0 Å². The van der Waals surface area contributed by atoms with Gasteiger partial charge in [-0.2, -0.15) is 0 Å². The smallest absolute Gasteiger partial charge is 0.299 e. The summed E-state index contributed by atoms with van der Waals surface area (Å²) in [7, 11) is 0. The van der Waals surface area contributed by atoms with E-state index in [-0.39, 0.29) is 23.9 Å². The lowest BCUT2D eigenvalue weighted by Gasteiger charge is -2.41. The zero-order chi connectivity index (χ0) is 24.5. The van der Waals surface area contributed by atoms with Crippen LogP contribution >= 0.6 is 0 Å². The van der Waals surface area contributed by atoms with Crippen LogP contribution in [0.3, 0.4) is 0 Å². The maximum absolute atomic E-state index is 14.1. The van der Waals surface area contributed by atoms with E-state index in [0.29, 0.717) is 17.6 Å². The van der Waals surface area contributed by atoms with Crippen LogP contribution < -0.4 is 5.32 Å². The van der Waals surface area contributed by atoms with Crippen molar-refractivity contribution in [3.8, 4) is 12.3 Å². The van der Waals surface area contributed by atoms with E-state index in [1.54, 1.807) is 17.0 Å². The monoisotopic (exact) mass is 472 g/mol. The molecule has 0 saturated heterocycles. The van der Waals surface area contributed by atoms with Gasteiger partial charge in [0.15, 0.2) is 0 Å². The van der Waals surface area contributed by atoms with Gasteiger partial charge in [0, 0.05) is 28.7 Å². The standard InChI is InChI=1S/C28H29FN4O2/c1-3-5-9-21-15-22-23-14-19(29)16-30-27(23)32-25(22)26(33(21)24(34)4-2)17-10-12-18(13-11-17)28(35)31-20-7-6-8-20/h2,10-14,16,20-21,26H,3,5-9,15H2,1H3,(H,30,32)(H,31,35)/t21-,26-/m0/s1. The van der Waals surface area contributed by atoms with Crippen molar-refractivity contribution < 1.29 is 14.0 Å². The summed E-state index contributed by atoms with van der Waals surface area (Å²) < 4.78 is 14.1. The van der Waals surface area contributed by atoms with E-state index in [1.165, 1.54) is 12.3 Å². The summed E-state index contributed by atoms with van der Waals surface area (Å²) in [5.74, 6) is 1.44. The Hall–Kier alpha value is -3.66. The highest BCUT2D eigenvalue weighted by Gasteiger charge is 2.40. The molecular weight excluding hydrogens is 443 g/mol. The topological polar surface area (TPSA) is 78.1 Å². The number of carbonyl (C=O) groups is 2. The molecule has 2 aromatic heterocycles. The molecule has 6 nitrogen and oxygen atoms in total. The summed E-state index contributed by atoms with van der Waals surface area (Å²) in [6.45, 7) is 2.11. The molecule has 1 saturated carbocycles. The van der Waals surface area contributed by atoms with E-state index >= 15 is 0 Å². The van der Waals surface area contributed by atoms with E-state index in [2.05, 4.69) is 28.1 Å². The molecule has 180 valence electrons. The second-order valence-corrected chi connectivity index (χ2v) is 9.55. The average molecular weight is 473 g/mol. The van der Waals surface area contributed by atoms with Crippen LogP contribution in [-0.4, -0.2) is 38.8 Å². The first-order valence-corrected chi connectivity index (χ1v) is 12.4. The van der Waals surface area contributed by atoms with E-state index in [0.717, 1.165) is 60.7 Å². The molecule has 35 heavy (non-hydrogen) atoms. The lowest BCUT2D eigenvalue weighted by atomic mass is 9.86. The normalized spacial score (nSPS) is 19.6. The second-order valence-electron chi connectivity index (χ2n) is 9.55. The largest absolute Gasteiger partial charge is 0.349 e. The quantitative estimate of drug-likeness (QED) is 0.513. The summed E-state index contributed by atoms with van der Waals surface area (Å²) in [6.07, 6.45) is 13.3. The van der Waals surface area contributed by atoms with E-state index in [9.17, 15) is 14.0 Å². The van der Waals surface area contributed by atoms with E-state index < -0.39 is 11.9 Å². The van der Waals surface area contributed by atoms with Crippen molar-refractivity contribution in [2.45, 2.75) is 70.0 Å². The first kappa shape index (κ1) is 23.1. The Morgan fingerprint density at radius 1 is 1.29 bits per heavy atom. The van der Waals surface area contributed by atoms with Crippen molar-refractivity contribution in [1.82, 2.24) is 20.2 Å². The van der Waals surface area contributed by atoms with Gasteiger partial charge in [-0.05, 0) is 67.4 Å². The van der Waals surface area contributed by atoms with Crippen LogP contribution in [0.4, 0.5) is 4.39 Å². The van der Waals surface area contributed by atoms with Crippen molar-refractivity contribution >= 4 is 22.8 Å². The third-order valence-electron chi connectivity index (χ3n) is 7.32. The third-order valence-corrected chi connectivity index (χ3v) is 7.32. The SMILES string of the molecule is C#CC(=O)N1[C@@H](CCCC)Cc2c([nH]c3ncc(F)cc23)[C@@H]1c1ccc(C(=O)NC2CCC2)cc1. The molecule has 0 bridgehead atoms. The first-order valence-electron chi connectivity index (χ1n) is 12.4. The number of aromatic nitrogens is 2. The molecule has 5 rings (SSSR count). The number of hydrogen-bond donors (Lipinski definition) is 2. The minimum absolute atomic E-state index is 0.0896. The fraction of sp³-hybridized carbons (Fsp3) is 0.393. The molecule has 2 N–H and O–H groups in total. The van der Waals surface area contributed by atoms with E-state index in [1.807, 2.05) is 12.1 Å². The Kier molecular flexibility index (Phi) is 6.29. The predicted octanol–water partition coefficient (Wildman–Crippen LogP) is 4.65. The van der Waals surface area contributed by atoms with Crippen molar-refractivity contribution in [1.29, 1.82) is 0 Å². The highest BCUT2D eigenvalue weighted by Crippen LogP contribution is 2.41. The van der Waals surface area contributed by atoms with Gasteiger partial charge >= 0.3 is 0 Å². The number of benzene rings is 1. The number of pyridine rings is 1. The number of carbonyl (C=O) groups excluding carboxylic acids is 2. The number of unbranched alkanes of at least 4 members (excludes halogenated alkanes) is 1. The van der Waals surface area contributed by atoms with Gasteiger partial charge in [-0.25, -0.2) is 9.37 Å². The van der Waals surface area contributed by atoms with Crippen molar-refractivity contribution in [2.75, 3.05) is 0 Å². The van der Waals surface area contributed by atoms with E-state index in [4.69, 9.17) is 6.42 Å². The number of hydrogen-bond acceptors (Lipinski definition) is 3. The Morgan fingerprint density at radius 3 is 2.71 bits per heavy atom. The number of H-pyrrole nitrogens is 1. The van der Waals surface area contributed by atoms with Crippen LogP contribution in [-0.2, 0) is 11.2 Å². The molecule has 7 heteroatoms. The molecule has 0 spiro atoms. The van der Waals surface area contributed by atoms with Crippen LogP contribution in [0.1, 0.15) is 78.7 Å². The molecule has 2 amide bonds. The predicted molar refractivity (Wildman–Crippen MR) is 132 cm³/mol. The second kappa shape index (κ2) is 9.53. The number of fused-ring (bicyclic) bond motifs is 3. The number of terminal acetylenes is 1. The van der Waals surface area contributed by atoms with Crippen LogP contribution in [0.15, 0.2) is 36.5 Å². The molecule has 1 fully saturated rings. The van der Waals surface area contributed by atoms with Gasteiger partial charge in [-0.1, -0.05) is 31.9 Å². The molecule has 2 atom stereocenters. The first-order chi connectivity index (χ1) is 17.0. The summed E-state index contributed by atoms with van der Waals surface area (Å²) in [4.78, 5) is 35.0. The summed E-state index contributed by atoms with van der Waals surface area (Å²) in [5.41, 5.74) is 3.76. The van der Waals surface area contributed by atoms with Gasteiger partial charge in [0.25, 0.3) is 11.8 Å². The highest BCUT2D eigenvalue weighted by molar-refractivity contribution is 5.95. The molecule has 0 unspecified atom stereocenters. The molecule has 1 aromatic carbocycles. The van der Waals surface area contributed by atoms with Gasteiger partial charge < -0.3 is 15.2 Å². The zero-order valence-corrected chi connectivity index (χ0v) is 19.8. The van der Waals surface area contributed by atoms with Gasteiger partial charge in [-0.15, -0.1) is 6.42 Å². The molecule has 1 aliphatic heterocycles. The lowest BCUT2D eigenvalue weighted by molar-refractivity contribution is -0.130. The number of halogens is 1. The molecule has 2 aliphatic rings. The highest BCUT2D eigenvalue weighted by atomic mass is 19.1. The van der Waals surface area contributed by atoms with Crippen molar-refractivity contribution in [3.05, 3.63) is 64.7 Å². The van der Waals surface area contributed by atoms with Gasteiger partial charge in [0.2, 0.25) is 0 Å². The van der Waals surface area contributed by atoms with Gasteiger partial charge in [0.05, 0.1) is 12.2 Å². The summed E-state index contributed by atoms with van der Waals surface area (Å²) >= 11 is 0. The molecule has 3 heterocycles. The number of nitrogens with one attached hydrogen (secondary N) is 2. The number of amides is 2. The lowest BCUT2D eigenvalue weighted by Crippen LogP contribution is -2.47. The van der Waals surface area contributed by atoms with Gasteiger partial charge in [0.1, 0.15) is 11.5 Å². The molecule has 0 radical (unpaired) electrons. The molecule has 1 aliphatic carbocycles. The zero-order valence-electron chi connectivity index (χ0n) is 19.8. The average Bonchev–Trinajstić information content (AvgIpc) is 3.20. The van der Waals surface area contributed by atoms with Crippen LogP contribution in [0.5, 0.6) is 0 Å². The maximum Gasteiger partial charge on any atom is 0.299 e. The number of rotatable bonds is 6. The minimum Gasteiger partial charge on any atom is -0.349 e. The third kappa shape index (κ3) is 4.29. The Labute approximate surface area is 204 Å². The summed E-state index contributed by atoms with van der Waals surface area (Å²) in [6, 6.07) is 8.48. The molecule has 3 aromatic rings. The van der Waals surface area contributed by atoms with Crippen LogP contribution in [0, 0.1) is 18.2 Å². The number of nitrogens with zero attached hydrogens (tertiary/aromatic N) is 2. The maximum atomic E-state index is 14.1. The molecular formula is C28H29FN4O2. The summed E-state index contributed by atoms with van der Waals surface area (Å²) in [5, 5.41) is 3.79. The number of aromatic amines is 1. The Balaban J connectivity index is 1.58. The van der Waals surface area contributed by atoms with Crippen LogP contribution in [0.25, 0.3) is 11.0 Å². The minimum atomic E-state index is -0.481. The Bertz CT molecular complexity index is 1300. The Morgan fingerprint density at radius 2 is 2.06 bits per heavy atom. The fourth-order valence-corrected chi connectivity index (χ4v) is 5.26. The fourth-order valence-electron chi connectivity index (χ4n) is 5.26. The van der Waals surface area contributed by atoms with Crippen molar-refractivity contribution in [2.24, 2.45) is 0 Å².